The number of aromatic nitrogens is 3. The van der Waals surface area contributed by atoms with Gasteiger partial charge < -0.3 is 0 Å². The molecule has 0 saturated heterocycles. The molecule has 0 aliphatic carbocycles. The molecule has 0 atom stereocenters. The van der Waals surface area contributed by atoms with E-state index in [0.29, 0.717) is 5.95 Å². The summed E-state index contributed by atoms with van der Waals surface area (Å²) in [5, 5.41) is 6.22. The first kappa shape index (κ1) is 23.3. The fourth-order valence-electron chi connectivity index (χ4n) is 5.87. The summed E-state index contributed by atoms with van der Waals surface area (Å²) in [5.74, 6) is 0.705. The highest BCUT2D eigenvalue weighted by Crippen LogP contribution is 2.42. The van der Waals surface area contributed by atoms with Gasteiger partial charge in [0.15, 0.2) is 0 Å². The van der Waals surface area contributed by atoms with Crippen LogP contribution >= 0.6 is 22.7 Å². The van der Waals surface area contributed by atoms with Crippen molar-refractivity contribution in [1.82, 2.24) is 14.5 Å². The third-order valence-corrected chi connectivity index (χ3v) is 9.93. The second-order valence-electron chi connectivity index (χ2n) is 9.83. The minimum atomic E-state index is 0. The van der Waals surface area contributed by atoms with Crippen LogP contribution < -0.4 is 0 Å². The van der Waals surface area contributed by atoms with Crippen LogP contribution in [-0.2, 0) is 0 Å². The minimum absolute atomic E-state index is 0. The molecule has 9 aromatic rings. The molecule has 0 saturated carbocycles. The van der Waals surface area contributed by atoms with Gasteiger partial charge in [-0.3, -0.25) is 4.57 Å². The van der Waals surface area contributed by atoms with E-state index in [-0.39, 0.29) is 7.43 Å². The van der Waals surface area contributed by atoms with E-state index in [9.17, 15) is 0 Å². The van der Waals surface area contributed by atoms with Crippen molar-refractivity contribution in [3.05, 3.63) is 115 Å². The molecule has 5 aromatic carbocycles. The number of thiophene rings is 2. The van der Waals surface area contributed by atoms with Crippen molar-refractivity contribution in [2.45, 2.75) is 7.43 Å². The lowest BCUT2D eigenvalue weighted by molar-refractivity contribution is 1.02. The molecule has 0 aliphatic heterocycles. The van der Waals surface area contributed by atoms with Crippen molar-refractivity contribution in [2.75, 3.05) is 0 Å². The van der Waals surface area contributed by atoms with E-state index in [0.717, 1.165) is 32.5 Å². The van der Waals surface area contributed by atoms with Crippen LogP contribution in [0.1, 0.15) is 7.43 Å². The Labute approximate surface area is 238 Å². The van der Waals surface area contributed by atoms with E-state index in [2.05, 4.69) is 120 Å². The molecule has 40 heavy (non-hydrogen) atoms. The summed E-state index contributed by atoms with van der Waals surface area (Å²) in [7, 11) is 0. The molecule has 0 bridgehead atoms. The van der Waals surface area contributed by atoms with Gasteiger partial charge in [0.05, 0.1) is 26.9 Å². The summed E-state index contributed by atoms with van der Waals surface area (Å²) in [6, 6.07) is 41.0. The smallest absolute Gasteiger partial charge is 0.235 e. The number of fused-ring (bicyclic) bond motifs is 9. The molecule has 0 radical (unpaired) electrons. The molecule has 0 N–H and O–H groups in total. The Morgan fingerprint density at radius 3 is 2.00 bits per heavy atom. The first-order valence-corrected chi connectivity index (χ1v) is 14.6. The number of rotatable bonds is 2. The van der Waals surface area contributed by atoms with Gasteiger partial charge in [-0.15, -0.1) is 22.7 Å². The normalized spacial score (nSPS) is 11.8. The maximum atomic E-state index is 5.30. The molecule has 0 fully saturated rings. The molecule has 4 aromatic heterocycles. The van der Waals surface area contributed by atoms with Crippen LogP contribution in [0.2, 0.25) is 0 Å². The van der Waals surface area contributed by atoms with Gasteiger partial charge in [-0.25, -0.2) is 9.97 Å². The van der Waals surface area contributed by atoms with Crippen molar-refractivity contribution in [1.29, 1.82) is 0 Å². The fourth-order valence-corrected chi connectivity index (χ4v) is 8.15. The summed E-state index contributed by atoms with van der Waals surface area (Å²) in [6.07, 6.45) is 0. The summed E-state index contributed by atoms with van der Waals surface area (Å²) in [6.45, 7) is 0. The van der Waals surface area contributed by atoms with Gasteiger partial charge in [-0.1, -0.05) is 92.4 Å². The standard InChI is InChI=1S/C34H19N3S2.CH4/c1-2-10-20(11-3-1)31-33-32(23-14-6-9-17-29(23)39-33)36-34(35-31)37-26-15-7-4-12-21(26)24-18-25-22-13-5-8-16-28(22)38-30(25)19-27(24)37;/h1-19H;1H4. The number of hydrogen-bond donors (Lipinski definition) is 0. The molecule has 190 valence electrons. The van der Waals surface area contributed by atoms with E-state index < -0.39 is 0 Å². The molecular formula is C35H23N3S2. The van der Waals surface area contributed by atoms with Crippen molar-refractivity contribution in [3.8, 4) is 17.2 Å². The molecule has 4 heterocycles. The maximum absolute atomic E-state index is 5.30. The average molecular weight is 550 g/mol. The minimum Gasteiger partial charge on any atom is -0.278 e. The molecule has 3 nitrogen and oxygen atoms in total. The largest absolute Gasteiger partial charge is 0.278 e. The Balaban J connectivity index is 0.00000245. The number of para-hydroxylation sites is 1. The predicted octanol–water partition coefficient (Wildman–Crippen LogP) is 10.6. The van der Waals surface area contributed by atoms with E-state index in [1.54, 1.807) is 11.3 Å². The van der Waals surface area contributed by atoms with E-state index in [1.807, 2.05) is 11.3 Å². The van der Waals surface area contributed by atoms with Gasteiger partial charge in [0.2, 0.25) is 5.95 Å². The molecule has 9 rings (SSSR count). The molecule has 0 aliphatic rings. The summed E-state index contributed by atoms with van der Waals surface area (Å²) in [5.41, 5.74) is 5.34. The predicted molar refractivity (Wildman–Crippen MR) is 174 cm³/mol. The van der Waals surface area contributed by atoms with Gasteiger partial charge in [0.25, 0.3) is 0 Å². The second-order valence-corrected chi connectivity index (χ2v) is 12.0. The Hall–Kier alpha value is -4.58. The maximum Gasteiger partial charge on any atom is 0.235 e. The van der Waals surface area contributed by atoms with Crippen molar-refractivity contribution < 1.29 is 0 Å². The average Bonchev–Trinajstić information content (AvgIpc) is 3.65. The molecule has 5 heteroatoms. The Morgan fingerprint density at radius 1 is 0.500 bits per heavy atom. The molecule has 0 unspecified atom stereocenters. The Bertz CT molecular complexity index is 2390. The first-order valence-electron chi connectivity index (χ1n) is 12.9. The van der Waals surface area contributed by atoms with Crippen LogP contribution in [0.5, 0.6) is 0 Å². The van der Waals surface area contributed by atoms with Gasteiger partial charge in [0, 0.05) is 46.6 Å². The van der Waals surface area contributed by atoms with Crippen LogP contribution in [-0.4, -0.2) is 14.5 Å². The number of hydrogen-bond acceptors (Lipinski definition) is 4. The fraction of sp³-hybridized carbons (Fsp3) is 0.0286. The second kappa shape index (κ2) is 8.71. The van der Waals surface area contributed by atoms with Crippen LogP contribution in [0.25, 0.3) is 79.5 Å². The highest BCUT2D eigenvalue weighted by Gasteiger charge is 2.20. The zero-order chi connectivity index (χ0) is 25.5. The van der Waals surface area contributed by atoms with E-state index >= 15 is 0 Å². The zero-order valence-electron chi connectivity index (χ0n) is 20.6. The topological polar surface area (TPSA) is 30.7 Å². The van der Waals surface area contributed by atoms with Crippen LogP contribution in [0.3, 0.4) is 0 Å². The number of benzene rings is 5. The summed E-state index contributed by atoms with van der Waals surface area (Å²) in [4.78, 5) is 10.6. The van der Waals surface area contributed by atoms with Gasteiger partial charge in [0.1, 0.15) is 0 Å². The third-order valence-electron chi connectivity index (χ3n) is 7.63. The third kappa shape index (κ3) is 3.22. The lowest BCUT2D eigenvalue weighted by Gasteiger charge is -2.10. The molecule has 0 amide bonds. The van der Waals surface area contributed by atoms with E-state index in [4.69, 9.17) is 9.97 Å². The Morgan fingerprint density at radius 2 is 1.18 bits per heavy atom. The quantitative estimate of drug-likeness (QED) is 0.215. The van der Waals surface area contributed by atoms with Crippen LogP contribution in [0, 0.1) is 0 Å². The first-order chi connectivity index (χ1) is 19.3. The van der Waals surface area contributed by atoms with Gasteiger partial charge >= 0.3 is 0 Å². The monoisotopic (exact) mass is 549 g/mol. The zero-order valence-corrected chi connectivity index (χ0v) is 22.3. The Kier molecular flexibility index (Phi) is 5.08. The summed E-state index contributed by atoms with van der Waals surface area (Å²) < 4.78 is 7.19. The van der Waals surface area contributed by atoms with Crippen molar-refractivity contribution in [2.24, 2.45) is 0 Å². The molecule has 0 spiro atoms. The van der Waals surface area contributed by atoms with E-state index in [1.165, 1.54) is 41.0 Å². The van der Waals surface area contributed by atoms with Gasteiger partial charge in [-0.05, 0) is 30.3 Å². The lowest BCUT2D eigenvalue weighted by atomic mass is 10.1. The molecular weight excluding hydrogens is 527 g/mol. The highest BCUT2D eigenvalue weighted by atomic mass is 32.1. The number of nitrogens with zero attached hydrogens (tertiary/aromatic N) is 3. The van der Waals surface area contributed by atoms with Gasteiger partial charge in [-0.2, -0.15) is 0 Å². The SMILES string of the molecule is C.c1ccc(-c2nc(-n3c4ccccc4c4cc5c(cc43)sc3ccccc35)nc3c2sc2ccccc23)cc1. The highest BCUT2D eigenvalue weighted by molar-refractivity contribution is 7.26. The van der Waals surface area contributed by atoms with Crippen molar-refractivity contribution in [3.63, 3.8) is 0 Å². The van der Waals surface area contributed by atoms with Crippen LogP contribution in [0.15, 0.2) is 115 Å². The summed E-state index contributed by atoms with van der Waals surface area (Å²) >= 11 is 3.61. The van der Waals surface area contributed by atoms with Crippen molar-refractivity contribution >= 4 is 85.0 Å². The lowest BCUT2D eigenvalue weighted by Crippen LogP contribution is -2.02. The van der Waals surface area contributed by atoms with Crippen LogP contribution in [0.4, 0.5) is 0 Å².